The molecule has 0 aliphatic heterocycles. The minimum Gasteiger partial charge on any atom is -0.0837 e. The maximum absolute atomic E-state index is 6.55. The predicted molar refractivity (Wildman–Crippen MR) is 160 cm³/mol. The van der Waals surface area contributed by atoms with Crippen molar-refractivity contribution in [2.45, 2.75) is 5.41 Å². The molecule has 0 amide bonds. The van der Waals surface area contributed by atoms with Crippen LogP contribution in [-0.4, -0.2) is 0 Å². The average molecular weight is 505 g/mol. The number of fused-ring (bicyclic) bond motifs is 3. The van der Waals surface area contributed by atoms with E-state index < -0.39 is 5.41 Å². The van der Waals surface area contributed by atoms with E-state index in [2.05, 4.69) is 133 Å². The Bertz CT molecular complexity index is 1740. The van der Waals surface area contributed by atoms with Crippen LogP contribution in [0, 0.1) is 0 Å². The summed E-state index contributed by atoms with van der Waals surface area (Å²) in [6.45, 7) is 0. The molecule has 1 aliphatic rings. The second kappa shape index (κ2) is 9.17. The summed E-state index contributed by atoms with van der Waals surface area (Å²) < 4.78 is 0. The topological polar surface area (TPSA) is 0 Å². The zero-order chi connectivity index (χ0) is 25.5. The van der Waals surface area contributed by atoms with E-state index in [4.69, 9.17) is 11.6 Å². The zero-order valence-electron chi connectivity index (χ0n) is 20.8. The Balaban J connectivity index is 1.47. The lowest BCUT2D eigenvalue weighted by Gasteiger charge is -2.34. The van der Waals surface area contributed by atoms with Crippen molar-refractivity contribution in [1.29, 1.82) is 0 Å². The third-order valence-corrected chi connectivity index (χ3v) is 8.17. The number of halogens is 1. The molecule has 0 bridgehead atoms. The molecule has 180 valence electrons. The van der Waals surface area contributed by atoms with E-state index in [1.807, 2.05) is 18.2 Å². The molecule has 0 nitrogen and oxygen atoms in total. The first-order valence-corrected chi connectivity index (χ1v) is 13.4. The van der Waals surface area contributed by atoms with Gasteiger partial charge in [-0.05, 0) is 68.3 Å². The largest absolute Gasteiger partial charge is 0.0837 e. The Morgan fingerprint density at radius 2 is 0.868 bits per heavy atom. The fourth-order valence-corrected chi connectivity index (χ4v) is 6.45. The highest BCUT2D eigenvalue weighted by atomic mass is 35.5. The van der Waals surface area contributed by atoms with Gasteiger partial charge in [0, 0.05) is 10.6 Å². The van der Waals surface area contributed by atoms with Crippen molar-refractivity contribution in [3.8, 4) is 33.4 Å². The van der Waals surface area contributed by atoms with Crippen molar-refractivity contribution >= 4 is 11.6 Å². The molecule has 0 fully saturated rings. The maximum Gasteiger partial charge on any atom is 0.0713 e. The highest BCUT2D eigenvalue weighted by Crippen LogP contribution is 2.56. The third kappa shape index (κ3) is 3.45. The van der Waals surface area contributed by atoms with Gasteiger partial charge in [-0.1, -0.05) is 145 Å². The van der Waals surface area contributed by atoms with E-state index in [0.717, 1.165) is 16.1 Å². The van der Waals surface area contributed by atoms with Crippen LogP contribution >= 0.6 is 11.6 Å². The van der Waals surface area contributed by atoms with Gasteiger partial charge in [-0.2, -0.15) is 0 Å². The SMILES string of the molecule is Clc1ccccc1-c1cccc(-c2cccc(C3(c4ccccc4)c4ccccc4-c4ccccc43)c2)c1. The van der Waals surface area contributed by atoms with Crippen molar-refractivity contribution < 1.29 is 0 Å². The van der Waals surface area contributed by atoms with Gasteiger partial charge in [0.1, 0.15) is 0 Å². The Labute approximate surface area is 228 Å². The molecule has 0 unspecified atom stereocenters. The van der Waals surface area contributed by atoms with Crippen LogP contribution in [0.4, 0.5) is 0 Å². The molecule has 38 heavy (non-hydrogen) atoms. The summed E-state index contributed by atoms with van der Waals surface area (Å²) in [5.74, 6) is 0. The van der Waals surface area contributed by atoms with Gasteiger partial charge >= 0.3 is 0 Å². The van der Waals surface area contributed by atoms with Crippen LogP contribution in [0.5, 0.6) is 0 Å². The molecule has 0 spiro atoms. The smallest absolute Gasteiger partial charge is 0.0713 e. The first-order chi connectivity index (χ1) is 18.8. The molecule has 0 N–H and O–H groups in total. The molecule has 0 saturated carbocycles. The monoisotopic (exact) mass is 504 g/mol. The van der Waals surface area contributed by atoms with Crippen LogP contribution in [0.15, 0.2) is 152 Å². The zero-order valence-corrected chi connectivity index (χ0v) is 21.6. The average Bonchev–Trinajstić information content (AvgIpc) is 3.29. The summed E-state index contributed by atoms with van der Waals surface area (Å²) in [5, 5.41) is 0.764. The van der Waals surface area contributed by atoms with Crippen molar-refractivity contribution in [2.75, 3.05) is 0 Å². The van der Waals surface area contributed by atoms with Gasteiger partial charge in [0.25, 0.3) is 0 Å². The van der Waals surface area contributed by atoms with Gasteiger partial charge in [0.2, 0.25) is 0 Å². The molecule has 6 aromatic rings. The summed E-state index contributed by atoms with van der Waals surface area (Å²) >= 11 is 6.55. The third-order valence-electron chi connectivity index (χ3n) is 7.84. The normalized spacial score (nSPS) is 13.1. The summed E-state index contributed by atoms with van der Waals surface area (Å²) in [6, 6.07) is 54.4. The lowest BCUT2D eigenvalue weighted by atomic mass is 9.67. The van der Waals surface area contributed by atoms with E-state index in [0.29, 0.717) is 0 Å². The molecular weight excluding hydrogens is 480 g/mol. The lowest BCUT2D eigenvalue weighted by Crippen LogP contribution is -2.28. The van der Waals surface area contributed by atoms with Crippen LogP contribution in [0.1, 0.15) is 22.3 Å². The highest BCUT2D eigenvalue weighted by molar-refractivity contribution is 6.33. The van der Waals surface area contributed by atoms with E-state index in [9.17, 15) is 0 Å². The van der Waals surface area contributed by atoms with Crippen LogP contribution in [0.25, 0.3) is 33.4 Å². The Kier molecular flexibility index (Phi) is 5.50. The van der Waals surface area contributed by atoms with Gasteiger partial charge in [0.15, 0.2) is 0 Å². The van der Waals surface area contributed by atoms with Crippen LogP contribution in [-0.2, 0) is 5.41 Å². The van der Waals surface area contributed by atoms with Gasteiger partial charge in [-0.3, -0.25) is 0 Å². The molecule has 1 heteroatoms. The Morgan fingerprint density at radius 3 is 1.55 bits per heavy atom. The number of hydrogen-bond donors (Lipinski definition) is 0. The van der Waals surface area contributed by atoms with Crippen LogP contribution < -0.4 is 0 Å². The minimum absolute atomic E-state index is 0.398. The summed E-state index contributed by atoms with van der Waals surface area (Å²) in [4.78, 5) is 0. The van der Waals surface area contributed by atoms with Crippen LogP contribution in [0.3, 0.4) is 0 Å². The van der Waals surface area contributed by atoms with Gasteiger partial charge in [-0.15, -0.1) is 0 Å². The number of benzene rings is 6. The number of rotatable bonds is 4. The fraction of sp³-hybridized carbons (Fsp3) is 0.0270. The van der Waals surface area contributed by atoms with E-state index >= 15 is 0 Å². The predicted octanol–water partition coefficient (Wildman–Crippen LogP) is 10.0. The van der Waals surface area contributed by atoms with Gasteiger partial charge < -0.3 is 0 Å². The molecule has 0 atom stereocenters. The van der Waals surface area contributed by atoms with Gasteiger partial charge in [-0.25, -0.2) is 0 Å². The summed E-state index contributed by atoms with van der Waals surface area (Å²) in [7, 11) is 0. The second-order valence-corrected chi connectivity index (χ2v) is 10.3. The quantitative estimate of drug-likeness (QED) is 0.223. The van der Waals surface area contributed by atoms with Gasteiger partial charge in [0.05, 0.1) is 5.41 Å². The molecule has 0 radical (unpaired) electrons. The molecular formula is C37H25Cl. The molecule has 1 aliphatic carbocycles. The summed E-state index contributed by atoms with van der Waals surface area (Å²) in [5.41, 5.74) is 11.9. The highest BCUT2D eigenvalue weighted by Gasteiger charge is 2.45. The van der Waals surface area contributed by atoms with Crippen molar-refractivity contribution in [3.63, 3.8) is 0 Å². The first kappa shape index (κ1) is 22.8. The lowest BCUT2D eigenvalue weighted by molar-refractivity contribution is 0.769. The van der Waals surface area contributed by atoms with Crippen LogP contribution in [0.2, 0.25) is 5.02 Å². The molecule has 0 saturated heterocycles. The fourth-order valence-electron chi connectivity index (χ4n) is 6.21. The standard InChI is InChI=1S/C37H25Cl/c38-36-23-9-6-18-31(36)28-14-10-12-26(24-28)27-13-11-17-30(25-27)37(29-15-2-1-3-16-29)34-21-7-4-19-32(34)33-20-5-8-22-35(33)37/h1-25H. The van der Waals surface area contributed by atoms with Crippen molar-refractivity contribution in [3.05, 3.63) is 179 Å². The van der Waals surface area contributed by atoms with Crippen molar-refractivity contribution in [2.24, 2.45) is 0 Å². The van der Waals surface area contributed by atoms with E-state index in [1.165, 1.54) is 44.5 Å². The van der Waals surface area contributed by atoms with E-state index in [-0.39, 0.29) is 0 Å². The van der Waals surface area contributed by atoms with Crippen molar-refractivity contribution in [1.82, 2.24) is 0 Å². The second-order valence-electron chi connectivity index (χ2n) is 9.85. The molecule has 0 aromatic heterocycles. The Hall–Kier alpha value is -4.39. The molecule has 6 aromatic carbocycles. The maximum atomic E-state index is 6.55. The molecule has 7 rings (SSSR count). The number of hydrogen-bond acceptors (Lipinski definition) is 0. The Morgan fingerprint density at radius 1 is 0.368 bits per heavy atom. The minimum atomic E-state index is -0.398. The first-order valence-electron chi connectivity index (χ1n) is 13.0. The van der Waals surface area contributed by atoms with E-state index in [1.54, 1.807) is 0 Å². The molecule has 0 heterocycles. The summed E-state index contributed by atoms with van der Waals surface area (Å²) in [6.07, 6.45) is 0.